The van der Waals surface area contributed by atoms with Crippen molar-refractivity contribution >= 4 is 28.6 Å². The van der Waals surface area contributed by atoms with E-state index in [0.29, 0.717) is 17.9 Å². The van der Waals surface area contributed by atoms with Gasteiger partial charge in [-0.2, -0.15) is 0 Å². The highest BCUT2D eigenvalue weighted by molar-refractivity contribution is 7.15. The predicted octanol–water partition coefficient (Wildman–Crippen LogP) is 5.95. The van der Waals surface area contributed by atoms with Crippen molar-refractivity contribution < 1.29 is 4.79 Å². The summed E-state index contributed by atoms with van der Waals surface area (Å²) in [5.74, 6) is 0.723. The summed E-state index contributed by atoms with van der Waals surface area (Å²) in [6, 6.07) is 12.3. The van der Waals surface area contributed by atoms with E-state index in [1.807, 2.05) is 24.4 Å². The van der Waals surface area contributed by atoms with E-state index < -0.39 is 0 Å². The minimum atomic E-state index is 0.0290. The van der Waals surface area contributed by atoms with E-state index in [0.717, 1.165) is 33.2 Å². The molecule has 1 amide bonds. The maximum absolute atomic E-state index is 12.7. The summed E-state index contributed by atoms with van der Waals surface area (Å²) in [5, 5.41) is 4.06. The van der Waals surface area contributed by atoms with Gasteiger partial charge in [0, 0.05) is 21.5 Å². The van der Waals surface area contributed by atoms with Gasteiger partial charge in [0.05, 0.1) is 11.4 Å². The number of thiazole rings is 1. The number of aromatic nitrogens is 1. The summed E-state index contributed by atoms with van der Waals surface area (Å²) in [5.41, 5.74) is 2.82. The normalized spacial score (nSPS) is 16.6. The molecule has 1 N–H and O–H groups in total. The molecular weight excluding hydrogens is 384 g/mol. The molecule has 1 atom stereocenters. The molecule has 1 aliphatic carbocycles. The topological polar surface area (TPSA) is 42.0 Å². The minimum absolute atomic E-state index is 0.0290. The monoisotopic (exact) mass is 410 g/mol. The van der Waals surface area contributed by atoms with E-state index in [1.54, 1.807) is 22.7 Å². The van der Waals surface area contributed by atoms with Crippen molar-refractivity contribution in [3.63, 3.8) is 0 Å². The number of benzene rings is 1. The zero-order valence-electron chi connectivity index (χ0n) is 16.6. The van der Waals surface area contributed by atoms with Crippen LogP contribution in [-0.4, -0.2) is 10.9 Å². The zero-order valence-corrected chi connectivity index (χ0v) is 18.3. The lowest BCUT2D eigenvalue weighted by molar-refractivity contribution is 0.0955. The molecule has 0 fully saturated rings. The first-order chi connectivity index (χ1) is 13.4. The Hall–Kier alpha value is -1.98. The number of thiophene rings is 1. The average Bonchev–Trinajstić information content (AvgIpc) is 3.32. The first kappa shape index (κ1) is 19.3. The van der Waals surface area contributed by atoms with Crippen LogP contribution in [0.25, 0.3) is 10.6 Å². The van der Waals surface area contributed by atoms with Crippen LogP contribution in [0.4, 0.5) is 0 Å². The number of rotatable bonds is 4. The number of amides is 1. The van der Waals surface area contributed by atoms with Gasteiger partial charge < -0.3 is 5.32 Å². The van der Waals surface area contributed by atoms with Crippen LogP contribution in [0.15, 0.2) is 42.6 Å². The van der Waals surface area contributed by atoms with Crippen molar-refractivity contribution in [3.05, 3.63) is 62.8 Å². The highest BCUT2D eigenvalue weighted by atomic mass is 32.1. The molecule has 0 saturated carbocycles. The first-order valence-electron chi connectivity index (χ1n) is 9.80. The van der Waals surface area contributed by atoms with Crippen molar-refractivity contribution in [2.24, 2.45) is 11.3 Å². The Kier molecular flexibility index (Phi) is 5.39. The Morgan fingerprint density at radius 2 is 2.00 bits per heavy atom. The Bertz CT molecular complexity index is 966. The van der Waals surface area contributed by atoms with E-state index in [4.69, 9.17) is 0 Å². The van der Waals surface area contributed by atoms with Crippen LogP contribution in [0.5, 0.6) is 0 Å². The third-order valence-corrected chi connectivity index (χ3v) is 7.81. The lowest BCUT2D eigenvalue weighted by Crippen LogP contribution is -2.26. The summed E-state index contributed by atoms with van der Waals surface area (Å²) in [7, 11) is 0. The Morgan fingerprint density at radius 1 is 1.21 bits per heavy atom. The predicted molar refractivity (Wildman–Crippen MR) is 118 cm³/mol. The van der Waals surface area contributed by atoms with E-state index >= 15 is 0 Å². The van der Waals surface area contributed by atoms with E-state index in [-0.39, 0.29) is 5.91 Å². The number of hydrogen-bond acceptors (Lipinski definition) is 4. The summed E-state index contributed by atoms with van der Waals surface area (Å²) in [6.45, 7) is 7.49. The van der Waals surface area contributed by atoms with Crippen LogP contribution in [0.1, 0.15) is 52.2 Å². The fourth-order valence-corrected chi connectivity index (χ4v) is 5.71. The first-order valence-corrected chi connectivity index (χ1v) is 11.4. The van der Waals surface area contributed by atoms with Gasteiger partial charge in [-0.15, -0.1) is 22.7 Å². The molecule has 146 valence electrons. The molecule has 0 radical (unpaired) electrons. The maximum atomic E-state index is 12.7. The summed E-state index contributed by atoms with van der Waals surface area (Å²) < 4.78 is 0. The molecule has 2 aromatic heterocycles. The second-order valence-electron chi connectivity index (χ2n) is 8.55. The van der Waals surface area contributed by atoms with Gasteiger partial charge in [0.25, 0.3) is 5.91 Å². The number of carbonyl (C=O) groups is 1. The summed E-state index contributed by atoms with van der Waals surface area (Å²) in [4.78, 5) is 20.5. The van der Waals surface area contributed by atoms with Crippen LogP contribution in [-0.2, 0) is 19.4 Å². The van der Waals surface area contributed by atoms with Gasteiger partial charge in [-0.25, -0.2) is 4.98 Å². The average molecular weight is 411 g/mol. The third kappa shape index (κ3) is 4.20. The molecule has 0 aliphatic heterocycles. The second kappa shape index (κ2) is 7.80. The van der Waals surface area contributed by atoms with E-state index in [2.05, 4.69) is 49.3 Å². The molecule has 1 unspecified atom stereocenters. The van der Waals surface area contributed by atoms with Gasteiger partial charge >= 0.3 is 0 Å². The Morgan fingerprint density at radius 3 is 2.75 bits per heavy atom. The van der Waals surface area contributed by atoms with Crippen LogP contribution in [0.3, 0.4) is 0 Å². The number of hydrogen-bond donors (Lipinski definition) is 1. The number of nitrogens with zero attached hydrogens (tertiary/aromatic N) is 1. The van der Waals surface area contributed by atoms with Crippen molar-refractivity contribution in [3.8, 4) is 10.6 Å². The molecule has 3 nitrogen and oxygen atoms in total. The zero-order chi connectivity index (χ0) is 19.7. The number of fused-ring (bicyclic) bond motifs is 1. The van der Waals surface area contributed by atoms with Crippen LogP contribution >= 0.6 is 22.7 Å². The molecule has 0 saturated heterocycles. The molecule has 4 rings (SSSR count). The smallest absolute Gasteiger partial charge is 0.261 e. The van der Waals surface area contributed by atoms with Gasteiger partial charge in [0.2, 0.25) is 0 Å². The molecule has 3 aromatic rings. The maximum Gasteiger partial charge on any atom is 0.261 e. The molecule has 2 heterocycles. The SMILES string of the molecule is CC(C)(C)C1CCc2sc(C(=O)NCc3cnc(-c4ccccc4)s3)cc2C1. The van der Waals surface area contributed by atoms with Crippen molar-refractivity contribution in [2.75, 3.05) is 0 Å². The largest absolute Gasteiger partial charge is 0.346 e. The fraction of sp³-hybridized carbons (Fsp3) is 0.391. The molecule has 0 spiro atoms. The van der Waals surface area contributed by atoms with E-state index in [1.165, 1.54) is 16.9 Å². The Balaban J connectivity index is 1.39. The van der Waals surface area contributed by atoms with Crippen LogP contribution in [0, 0.1) is 11.3 Å². The number of carbonyl (C=O) groups excluding carboxylic acids is 1. The summed E-state index contributed by atoms with van der Waals surface area (Å²) >= 11 is 3.30. The Labute approximate surface area is 174 Å². The van der Waals surface area contributed by atoms with Gasteiger partial charge in [0.15, 0.2) is 0 Å². The highest BCUT2D eigenvalue weighted by Crippen LogP contribution is 2.40. The molecule has 1 aromatic carbocycles. The van der Waals surface area contributed by atoms with Gasteiger partial charge in [-0.1, -0.05) is 51.1 Å². The van der Waals surface area contributed by atoms with E-state index in [9.17, 15) is 4.79 Å². The molecular formula is C23H26N2OS2. The van der Waals surface area contributed by atoms with Crippen molar-refractivity contribution in [1.82, 2.24) is 10.3 Å². The van der Waals surface area contributed by atoms with Gasteiger partial charge in [-0.05, 0) is 42.2 Å². The highest BCUT2D eigenvalue weighted by Gasteiger charge is 2.30. The fourth-order valence-electron chi connectivity index (χ4n) is 3.73. The number of aryl methyl sites for hydroxylation is 1. The third-order valence-electron chi connectivity index (χ3n) is 5.53. The van der Waals surface area contributed by atoms with Crippen molar-refractivity contribution in [1.29, 1.82) is 0 Å². The van der Waals surface area contributed by atoms with Crippen LogP contribution in [0.2, 0.25) is 0 Å². The second-order valence-corrected chi connectivity index (χ2v) is 10.8. The van der Waals surface area contributed by atoms with Gasteiger partial charge in [0.1, 0.15) is 5.01 Å². The minimum Gasteiger partial charge on any atom is -0.346 e. The quantitative estimate of drug-likeness (QED) is 0.577. The standard InChI is InChI=1S/C23H26N2OS2/c1-23(2,3)17-9-10-19-16(11-17)12-20(28-19)21(26)24-13-18-14-25-22(27-18)15-7-5-4-6-8-15/h4-8,12,14,17H,9-11,13H2,1-3H3,(H,24,26). The lowest BCUT2D eigenvalue weighted by atomic mass is 9.72. The lowest BCUT2D eigenvalue weighted by Gasteiger charge is -2.33. The van der Waals surface area contributed by atoms with Crippen molar-refractivity contribution in [2.45, 2.75) is 46.6 Å². The molecule has 5 heteroatoms. The number of nitrogens with one attached hydrogen (secondary N) is 1. The van der Waals surface area contributed by atoms with Gasteiger partial charge in [-0.3, -0.25) is 4.79 Å². The molecule has 0 bridgehead atoms. The molecule has 28 heavy (non-hydrogen) atoms. The summed E-state index contributed by atoms with van der Waals surface area (Å²) in [6.07, 6.45) is 5.28. The van der Waals surface area contributed by atoms with Crippen LogP contribution < -0.4 is 5.32 Å². The molecule has 1 aliphatic rings.